The van der Waals surface area contributed by atoms with E-state index >= 15 is 0 Å². The second-order valence-corrected chi connectivity index (χ2v) is 8.40. The normalized spacial score (nSPS) is 17.1. The van der Waals surface area contributed by atoms with Gasteiger partial charge in [-0.05, 0) is 38.0 Å². The van der Waals surface area contributed by atoms with E-state index in [1.807, 2.05) is 0 Å². The Morgan fingerprint density at radius 1 is 1.38 bits per heavy atom. The first kappa shape index (κ1) is 20.3. The van der Waals surface area contributed by atoms with Crippen molar-refractivity contribution >= 4 is 16.0 Å². The number of benzene rings is 1. The van der Waals surface area contributed by atoms with Crippen molar-refractivity contribution in [2.45, 2.75) is 32.4 Å². The third kappa shape index (κ3) is 5.25. The molecule has 9 heteroatoms. The second-order valence-electron chi connectivity index (χ2n) is 6.14. The Labute approximate surface area is 155 Å². The number of aliphatic imine (C=N–C) groups is 1. The van der Waals surface area contributed by atoms with Gasteiger partial charge in [0.25, 0.3) is 0 Å². The van der Waals surface area contributed by atoms with Gasteiger partial charge in [0, 0.05) is 38.3 Å². The fraction of sp³-hybridized carbons (Fsp3) is 0.588. The molecule has 26 heavy (non-hydrogen) atoms. The van der Waals surface area contributed by atoms with Gasteiger partial charge in [0.15, 0.2) is 5.96 Å². The number of nitrogens with zero attached hydrogens (tertiary/aromatic N) is 2. The monoisotopic (exact) mass is 384 g/mol. The van der Waals surface area contributed by atoms with E-state index in [1.54, 1.807) is 43.6 Å². The summed E-state index contributed by atoms with van der Waals surface area (Å²) in [5.74, 6) is 1.61. The number of sulfonamides is 1. The van der Waals surface area contributed by atoms with E-state index in [0.717, 1.165) is 12.8 Å². The van der Waals surface area contributed by atoms with Gasteiger partial charge in [-0.25, -0.2) is 12.7 Å². The number of aromatic hydroxyl groups is 1. The van der Waals surface area contributed by atoms with Gasteiger partial charge in [-0.2, -0.15) is 0 Å². The van der Waals surface area contributed by atoms with E-state index in [0.29, 0.717) is 36.9 Å². The van der Waals surface area contributed by atoms with Gasteiger partial charge >= 0.3 is 0 Å². The summed E-state index contributed by atoms with van der Waals surface area (Å²) in [6.45, 7) is 3.09. The van der Waals surface area contributed by atoms with Crippen LogP contribution in [0, 0.1) is 0 Å². The molecule has 0 saturated carbocycles. The van der Waals surface area contributed by atoms with Crippen LogP contribution in [0.4, 0.5) is 0 Å². The highest BCUT2D eigenvalue weighted by molar-refractivity contribution is 7.89. The van der Waals surface area contributed by atoms with E-state index in [4.69, 9.17) is 4.74 Å². The summed E-state index contributed by atoms with van der Waals surface area (Å²) >= 11 is 0. The number of hydrogen-bond donors (Lipinski definition) is 3. The lowest BCUT2D eigenvalue weighted by atomic mass is 10.1. The topological polar surface area (TPSA) is 103 Å². The Morgan fingerprint density at radius 2 is 2.08 bits per heavy atom. The van der Waals surface area contributed by atoms with Crippen LogP contribution in [-0.4, -0.2) is 62.8 Å². The Bertz CT molecular complexity index is 728. The number of ether oxygens (including phenoxy) is 1. The second kappa shape index (κ2) is 9.09. The Balaban J connectivity index is 1.87. The standard InChI is InChI=1S/C17H28N4O4S/c1-4-26(23,24)21-9-7-14(8-10-21)20-17(18-2)19-12-13-11-15(25-3)5-6-16(13)22/h5-6,11,14,22H,4,7-10,12H2,1-3H3,(H2,18,19,20). The summed E-state index contributed by atoms with van der Waals surface area (Å²) in [6.07, 6.45) is 1.45. The van der Waals surface area contributed by atoms with Gasteiger partial charge in [-0.3, -0.25) is 4.99 Å². The molecule has 0 radical (unpaired) electrons. The van der Waals surface area contributed by atoms with Crippen molar-refractivity contribution in [3.63, 3.8) is 0 Å². The lowest BCUT2D eigenvalue weighted by molar-refractivity contribution is 0.306. The number of piperidine rings is 1. The zero-order valence-electron chi connectivity index (χ0n) is 15.5. The van der Waals surface area contributed by atoms with Crippen LogP contribution in [0.15, 0.2) is 23.2 Å². The van der Waals surface area contributed by atoms with Crippen molar-refractivity contribution < 1.29 is 18.3 Å². The average Bonchev–Trinajstić information content (AvgIpc) is 2.66. The third-order valence-corrected chi connectivity index (χ3v) is 6.39. The molecule has 1 fully saturated rings. The molecule has 1 aliphatic heterocycles. The Kier molecular flexibility index (Phi) is 7.10. The molecule has 8 nitrogen and oxygen atoms in total. The summed E-state index contributed by atoms with van der Waals surface area (Å²) in [6, 6.07) is 5.22. The molecule has 1 aromatic rings. The highest BCUT2D eigenvalue weighted by atomic mass is 32.2. The van der Waals surface area contributed by atoms with Crippen LogP contribution in [0.1, 0.15) is 25.3 Å². The molecule has 2 rings (SSSR count). The zero-order valence-corrected chi connectivity index (χ0v) is 16.3. The van der Waals surface area contributed by atoms with Gasteiger partial charge in [0.2, 0.25) is 10.0 Å². The predicted octanol–water partition coefficient (Wildman–Crippen LogP) is 0.880. The van der Waals surface area contributed by atoms with E-state index in [-0.39, 0.29) is 17.5 Å². The molecule has 0 spiro atoms. The van der Waals surface area contributed by atoms with Crippen LogP contribution < -0.4 is 15.4 Å². The van der Waals surface area contributed by atoms with Crippen molar-refractivity contribution in [3.8, 4) is 11.5 Å². The fourth-order valence-electron chi connectivity index (χ4n) is 2.86. The van der Waals surface area contributed by atoms with Crippen LogP contribution in [0.3, 0.4) is 0 Å². The molecule has 1 aliphatic rings. The highest BCUT2D eigenvalue weighted by Crippen LogP contribution is 2.22. The van der Waals surface area contributed by atoms with E-state index in [1.165, 1.54) is 0 Å². The molecule has 0 atom stereocenters. The lowest BCUT2D eigenvalue weighted by Gasteiger charge is -2.32. The summed E-state index contributed by atoms with van der Waals surface area (Å²) < 4.78 is 30.6. The Hall–Kier alpha value is -2.00. The molecular formula is C17H28N4O4S. The smallest absolute Gasteiger partial charge is 0.213 e. The number of phenols is 1. The molecule has 1 heterocycles. The number of rotatable bonds is 6. The van der Waals surface area contributed by atoms with Gasteiger partial charge in [-0.15, -0.1) is 0 Å². The van der Waals surface area contributed by atoms with Crippen molar-refractivity contribution in [2.24, 2.45) is 4.99 Å². The van der Waals surface area contributed by atoms with Crippen molar-refractivity contribution in [1.82, 2.24) is 14.9 Å². The zero-order chi connectivity index (χ0) is 19.2. The minimum Gasteiger partial charge on any atom is -0.508 e. The molecule has 0 amide bonds. The quantitative estimate of drug-likeness (QED) is 0.497. The summed E-state index contributed by atoms with van der Waals surface area (Å²) in [5.41, 5.74) is 0.705. The first-order chi connectivity index (χ1) is 12.4. The predicted molar refractivity (Wildman–Crippen MR) is 102 cm³/mol. The molecule has 1 aromatic carbocycles. The van der Waals surface area contributed by atoms with Gasteiger partial charge in [-0.1, -0.05) is 0 Å². The first-order valence-corrected chi connectivity index (χ1v) is 10.3. The maximum Gasteiger partial charge on any atom is 0.213 e. The van der Waals surface area contributed by atoms with Crippen molar-refractivity contribution in [3.05, 3.63) is 23.8 Å². The molecule has 146 valence electrons. The number of phenolic OH excluding ortho intramolecular Hbond substituents is 1. The van der Waals surface area contributed by atoms with Crippen LogP contribution in [0.25, 0.3) is 0 Å². The number of methoxy groups -OCH3 is 1. The minimum atomic E-state index is -3.12. The van der Waals surface area contributed by atoms with Crippen molar-refractivity contribution in [2.75, 3.05) is 33.0 Å². The van der Waals surface area contributed by atoms with E-state index < -0.39 is 10.0 Å². The van der Waals surface area contributed by atoms with Crippen LogP contribution in [0.2, 0.25) is 0 Å². The van der Waals surface area contributed by atoms with Gasteiger partial charge in [0.1, 0.15) is 11.5 Å². The van der Waals surface area contributed by atoms with Gasteiger partial charge < -0.3 is 20.5 Å². The molecular weight excluding hydrogens is 356 g/mol. The molecule has 3 N–H and O–H groups in total. The minimum absolute atomic E-state index is 0.137. The van der Waals surface area contributed by atoms with Crippen molar-refractivity contribution in [1.29, 1.82) is 0 Å². The first-order valence-electron chi connectivity index (χ1n) is 8.70. The maximum atomic E-state index is 11.9. The summed E-state index contributed by atoms with van der Waals surface area (Å²) in [5, 5.41) is 16.4. The summed E-state index contributed by atoms with van der Waals surface area (Å²) in [7, 11) is 0.140. The van der Waals surface area contributed by atoms with Gasteiger partial charge in [0.05, 0.1) is 12.9 Å². The molecule has 0 aromatic heterocycles. The van der Waals surface area contributed by atoms with E-state index in [2.05, 4.69) is 15.6 Å². The summed E-state index contributed by atoms with van der Waals surface area (Å²) in [4.78, 5) is 4.20. The van der Waals surface area contributed by atoms with E-state index in [9.17, 15) is 13.5 Å². The average molecular weight is 385 g/mol. The highest BCUT2D eigenvalue weighted by Gasteiger charge is 2.27. The SMILES string of the molecule is CCS(=O)(=O)N1CCC(NC(=NC)NCc2cc(OC)ccc2O)CC1. The molecule has 0 aliphatic carbocycles. The van der Waals surface area contributed by atoms with Crippen LogP contribution >= 0.6 is 0 Å². The Morgan fingerprint density at radius 3 is 2.65 bits per heavy atom. The number of guanidine groups is 1. The van der Waals surface area contributed by atoms with Crippen LogP contribution in [0.5, 0.6) is 11.5 Å². The number of hydrogen-bond acceptors (Lipinski definition) is 5. The lowest BCUT2D eigenvalue weighted by Crippen LogP contribution is -2.49. The maximum absolute atomic E-state index is 11.9. The molecule has 1 saturated heterocycles. The number of nitrogens with one attached hydrogen (secondary N) is 2. The molecule has 0 bridgehead atoms. The van der Waals surface area contributed by atoms with Crippen LogP contribution in [-0.2, 0) is 16.6 Å². The third-order valence-electron chi connectivity index (χ3n) is 4.51. The molecule has 0 unspecified atom stereocenters. The fourth-order valence-corrected chi connectivity index (χ4v) is 3.99. The largest absolute Gasteiger partial charge is 0.508 e.